The molecule has 0 radical (unpaired) electrons. The highest BCUT2D eigenvalue weighted by Gasteiger charge is 2.20. The van der Waals surface area contributed by atoms with Crippen LogP contribution in [0.5, 0.6) is 11.8 Å². The molecule has 0 aliphatic carbocycles. The number of benzene rings is 1. The molecule has 1 saturated heterocycles. The number of nitrogens with one attached hydrogen (secondary N) is 2. The second kappa shape index (κ2) is 11.5. The van der Waals surface area contributed by atoms with Gasteiger partial charge in [0.15, 0.2) is 11.5 Å². The van der Waals surface area contributed by atoms with Crippen molar-refractivity contribution in [1.82, 2.24) is 19.9 Å². The van der Waals surface area contributed by atoms with E-state index in [2.05, 4.69) is 49.0 Å². The third-order valence-corrected chi connectivity index (χ3v) is 5.86. The summed E-state index contributed by atoms with van der Waals surface area (Å²) in [6, 6.07) is 12.8. The van der Waals surface area contributed by atoms with Crippen LogP contribution in [0.1, 0.15) is 23.1 Å². The van der Waals surface area contributed by atoms with Gasteiger partial charge in [-0.05, 0) is 49.9 Å². The van der Waals surface area contributed by atoms with Gasteiger partial charge in [0.25, 0.3) is 5.91 Å². The lowest BCUT2D eigenvalue weighted by Crippen LogP contribution is -2.44. The number of nitrogens with zero attached hydrogens (tertiary/aromatic N) is 5. The number of pyridine rings is 1. The Morgan fingerprint density at radius 3 is 2.46 bits per heavy atom. The molecule has 0 spiro atoms. The number of likely N-dealkylation sites (N-methyl/N-ethyl adjacent to an activating group) is 1. The van der Waals surface area contributed by atoms with Gasteiger partial charge in [-0.3, -0.25) is 9.59 Å². The van der Waals surface area contributed by atoms with Gasteiger partial charge in [0.05, 0.1) is 0 Å². The molecule has 1 aromatic carbocycles. The maximum atomic E-state index is 12.2. The van der Waals surface area contributed by atoms with Crippen molar-refractivity contribution in [3.63, 3.8) is 0 Å². The lowest BCUT2D eigenvalue weighted by atomic mass is 10.2. The SMILES string of the molecule is C=CC(=O)Nc1cccc(Oc2nc(Nc3ccc(N4CCN(C)CC4)cc3)c(C(N)=O)nc2CC)n1. The first kappa shape index (κ1) is 25.6. The van der Waals surface area contributed by atoms with Crippen molar-refractivity contribution in [2.45, 2.75) is 13.3 Å². The molecular weight excluding hydrogens is 472 g/mol. The molecule has 0 unspecified atom stereocenters. The lowest BCUT2D eigenvalue weighted by molar-refractivity contribution is -0.111. The molecule has 11 nitrogen and oxygen atoms in total. The molecule has 4 N–H and O–H groups in total. The molecule has 3 heterocycles. The van der Waals surface area contributed by atoms with Crippen molar-refractivity contribution in [2.75, 3.05) is 48.8 Å². The average Bonchev–Trinajstić information content (AvgIpc) is 2.90. The van der Waals surface area contributed by atoms with E-state index >= 15 is 0 Å². The minimum atomic E-state index is -0.711. The molecule has 0 bridgehead atoms. The van der Waals surface area contributed by atoms with Crippen LogP contribution in [0.3, 0.4) is 0 Å². The van der Waals surface area contributed by atoms with Gasteiger partial charge in [-0.25, -0.2) is 4.98 Å². The van der Waals surface area contributed by atoms with Gasteiger partial charge in [-0.15, -0.1) is 0 Å². The van der Waals surface area contributed by atoms with Crippen LogP contribution < -0.4 is 26.0 Å². The number of aromatic nitrogens is 3. The number of amides is 2. The van der Waals surface area contributed by atoms with Crippen LogP contribution in [0.25, 0.3) is 0 Å². The van der Waals surface area contributed by atoms with Gasteiger partial charge in [-0.1, -0.05) is 19.6 Å². The molecule has 2 amide bonds. The number of carbonyl (C=O) groups excluding carboxylic acids is 2. The molecule has 1 aliphatic heterocycles. The van der Waals surface area contributed by atoms with E-state index < -0.39 is 11.8 Å². The number of ether oxygens (including phenoxy) is 1. The Balaban J connectivity index is 1.58. The maximum Gasteiger partial charge on any atom is 0.271 e. The van der Waals surface area contributed by atoms with Crippen LogP contribution in [0.15, 0.2) is 55.1 Å². The van der Waals surface area contributed by atoms with Crippen LogP contribution in [-0.4, -0.2) is 64.9 Å². The Morgan fingerprint density at radius 1 is 1.08 bits per heavy atom. The Bertz CT molecular complexity index is 1290. The van der Waals surface area contributed by atoms with E-state index in [1.54, 1.807) is 18.2 Å². The number of rotatable bonds is 9. The first-order chi connectivity index (χ1) is 17.9. The number of carbonyl (C=O) groups is 2. The second-order valence-corrected chi connectivity index (χ2v) is 8.51. The van der Waals surface area contributed by atoms with Crippen molar-refractivity contribution in [1.29, 1.82) is 0 Å². The third-order valence-electron chi connectivity index (χ3n) is 5.86. The number of anilines is 4. The molecule has 37 heavy (non-hydrogen) atoms. The quantitative estimate of drug-likeness (QED) is 0.377. The summed E-state index contributed by atoms with van der Waals surface area (Å²) < 4.78 is 5.91. The van der Waals surface area contributed by atoms with Crippen LogP contribution in [-0.2, 0) is 11.2 Å². The summed E-state index contributed by atoms with van der Waals surface area (Å²) in [5, 5.41) is 5.73. The van der Waals surface area contributed by atoms with Gasteiger partial charge in [-0.2, -0.15) is 9.97 Å². The zero-order valence-corrected chi connectivity index (χ0v) is 20.9. The van der Waals surface area contributed by atoms with E-state index in [0.29, 0.717) is 17.9 Å². The van der Waals surface area contributed by atoms with E-state index in [1.165, 1.54) is 0 Å². The fourth-order valence-corrected chi connectivity index (χ4v) is 3.80. The summed E-state index contributed by atoms with van der Waals surface area (Å²) >= 11 is 0. The zero-order valence-electron chi connectivity index (χ0n) is 20.9. The Kier molecular flexibility index (Phi) is 7.94. The highest BCUT2D eigenvalue weighted by Crippen LogP contribution is 2.28. The summed E-state index contributed by atoms with van der Waals surface area (Å²) in [4.78, 5) is 41.6. The van der Waals surface area contributed by atoms with Crippen LogP contribution in [0.4, 0.5) is 23.0 Å². The molecule has 1 fully saturated rings. The predicted octanol–water partition coefficient (Wildman–Crippen LogP) is 2.95. The minimum Gasteiger partial charge on any atom is -0.419 e. The lowest BCUT2D eigenvalue weighted by Gasteiger charge is -2.34. The molecule has 2 aromatic heterocycles. The number of hydrogen-bond donors (Lipinski definition) is 3. The van der Waals surface area contributed by atoms with Gasteiger partial charge in [0, 0.05) is 43.6 Å². The van der Waals surface area contributed by atoms with Crippen LogP contribution >= 0.6 is 0 Å². The van der Waals surface area contributed by atoms with Gasteiger partial charge < -0.3 is 30.9 Å². The zero-order chi connectivity index (χ0) is 26.4. The van der Waals surface area contributed by atoms with Gasteiger partial charge in [0.2, 0.25) is 17.7 Å². The molecule has 1 aliphatic rings. The maximum absolute atomic E-state index is 12.2. The molecular formula is C26H30N8O3. The van der Waals surface area contributed by atoms with Crippen molar-refractivity contribution < 1.29 is 14.3 Å². The van der Waals surface area contributed by atoms with Crippen molar-refractivity contribution in [2.24, 2.45) is 5.73 Å². The van der Waals surface area contributed by atoms with E-state index in [9.17, 15) is 9.59 Å². The molecule has 3 aromatic rings. The van der Waals surface area contributed by atoms with E-state index in [-0.39, 0.29) is 23.3 Å². The molecule has 192 valence electrons. The highest BCUT2D eigenvalue weighted by molar-refractivity contribution is 5.98. The summed E-state index contributed by atoms with van der Waals surface area (Å²) in [7, 11) is 2.12. The van der Waals surface area contributed by atoms with Crippen molar-refractivity contribution in [3.05, 3.63) is 66.5 Å². The molecule has 4 rings (SSSR count). The number of aryl methyl sites for hydroxylation is 1. The number of primary amides is 1. The van der Waals surface area contributed by atoms with Gasteiger partial charge in [0.1, 0.15) is 11.5 Å². The Hall–Kier alpha value is -4.51. The van der Waals surface area contributed by atoms with Crippen molar-refractivity contribution in [3.8, 4) is 11.8 Å². The summed E-state index contributed by atoms with van der Waals surface area (Å²) in [5.74, 6) is -0.278. The smallest absolute Gasteiger partial charge is 0.271 e. The van der Waals surface area contributed by atoms with E-state index in [1.807, 2.05) is 31.2 Å². The van der Waals surface area contributed by atoms with Crippen LogP contribution in [0.2, 0.25) is 0 Å². The Labute approximate surface area is 215 Å². The summed E-state index contributed by atoms with van der Waals surface area (Å²) in [5.41, 5.74) is 7.90. The number of hydrogen-bond acceptors (Lipinski definition) is 9. The Morgan fingerprint density at radius 2 is 1.81 bits per heavy atom. The monoisotopic (exact) mass is 502 g/mol. The second-order valence-electron chi connectivity index (χ2n) is 8.51. The summed E-state index contributed by atoms with van der Waals surface area (Å²) in [6.45, 7) is 9.25. The number of nitrogens with two attached hydrogens (primary N) is 1. The van der Waals surface area contributed by atoms with Crippen LogP contribution in [0, 0.1) is 0 Å². The minimum absolute atomic E-state index is 0.00676. The highest BCUT2D eigenvalue weighted by atomic mass is 16.5. The largest absolute Gasteiger partial charge is 0.419 e. The summed E-state index contributed by atoms with van der Waals surface area (Å²) in [6.07, 6.45) is 1.59. The fraction of sp³-hybridized carbons (Fsp3) is 0.269. The van der Waals surface area contributed by atoms with Crippen molar-refractivity contribution >= 4 is 34.8 Å². The normalized spacial score (nSPS) is 13.6. The third kappa shape index (κ3) is 6.39. The standard InChI is InChI=1S/C26H30N8O3/c1-4-19-26(37-22-8-6-7-20(31-22)30-21(35)5-2)32-25(23(29-19)24(27)36)28-17-9-11-18(12-10-17)34-15-13-33(3)14-16-34/h5-12H,2,4,13-16H2,1,3H3,(H2,27,36)(H,28,32)(H,30,31,35). The molecule has 0 saturated carbocycles. The van der Waals surface area contributed by atoms with E-state index in [4.69, 9.17) is 10.5 Å². The van der Waals surface area contributed by atoms with Gasteiger partial charge >= 0.3 is 0 Å². The number of piperazine rings is 1. The molecule has 0 atom stereocenters. The molecule has 11 heteroatoms. The average molecular weight is 503 g/mol. The predicted molar refractivity (Wildman–Crippen MR) is 143 cm³/mol. The fourth-order valence-electron chi connectivity index (χ4n) is 3.80. The first-order valence-corrected chi connectivity index (χ1v) is 12.0. The topological polar surface area (TPSA) is 139 Å². The van der Waals surface area contributed by atoms with E-state index in [0.717, 1.165) is 43.6 Å². The first-order valence-electron chi connectivity index (χ1n) is 12.0.